The number of ether oxygens (including phenoxy) is 2. The quantitative estimate of drug-likeness (QED) is 0.764. The van der Waals surface area contributed by atoms with Crippen LogP contribution in [0.5, 0.6) is 5.75 Å². The number of hydrogen-bond donors (Lipinski definition) is 2. The largest absolute Gasteiger partial charge is 0.492 e. The molecule has 0 radical (unpaired) electrons. The van der Waals surface area contributed by atoms with E-state index < -0.39 is 5.97 Å². The van der Waals surface area contributed by atoms with Gasteiger partial charge in [-0.2, -0.15) is 0 Å². The van der Waals surface area contributed by atoms with Gasteiger partial charge in [0.2, 0.25) is 0 Å². The van der Waals surface area contributed by atoms with E-state index in [1.54, 1.807) is 18.2 Å². The van der Waals surface area contributed by atoms with E-state index >= 15 is 0 Å². The summed E-state index contributed by atoms with van der Waals surface area (Å²) in [5.74, 6) is -0.357. The maximum atomic E-state index is 10.8. The van der Waals surface area contributed by atoms with Gasteiger partial charge in [0.1, 0.15) is 12.4 Å². The van der Waals surface area contributed by atoms with Crippen molar-refractivity contribution in [2.45, 2.75) is 18.9 Å². The molecule has 1 aromatic carbocycles. The monoisotopic (exact) mass is 265 g/mol. The van der Waals surface area contributed by atoms with Crippen LogP contribution in [0.15, 0.2) is 24.3 Å². The summed E-state index contributed by atoms with van der Waals surface area (Å²) in [7, 11) is 0. The molecule has 2 N–H and O–H groups in total. The van der Waals surface area contributed by atoms with E-state index in [1.807, 2.05) is 0 Å². The Morgan fingerprint density at radius 1 is 1.53 bits per heavy atom. The van der Waals surface area contributed by atoms with E-state index in [4.69, 9.17) is 14.6 Å². The Morgan fingerprint density at radius 2 is 2.42 bits per heavy atom. The third kappa shape index (κ3) is 4.54. The topological polar surface area (TPSA) is 67.8 Å². The summed E-state index contributed by atoms with van der Waals surface area (Å²) in [4.78, 5) is 10.8. The molecule has 0 spiro atoms. The van der Waals surface area contributed by atoms with Crippen molar-refractivity contribution < 1.29 is 19.4 Å². The summed E-state index contributed by atoms with van der Waals surface area (Å²) in [6.07, 6.45) is 2.23. The van der Waals surface area contributed by atoms with Crippen LogP contribution in [0.25, 0.3) is 0 Å². The fourth-order valence-electron chi connectivity index (χ4n) is 2.05. The molecule has 1 fully saturated rings. The molecule has 19 heavy (non-hydrogen) atoms. The number of benzene rings is 1. The first-order valence-corrected chi connectivity index (χ1v) is 6.53. The van der Waals surface area contributed by atoms with E-state index in [2.05, 4.69) is 5.32 Å². The van der Waals surface area contributed by atoms with Crippen LogP contribution < -0.4 is 10.1 Å². The molecule has 0 aliphatic carbocycles. The predicted molar refractivity (Wildman–Crippen MR) is 70.7 cm³/mol. The van der Waals surface area contributed by atoms with Crippen molar-refractivity contribution in [3.05, 3.63) is 29.8 Å². The van der Waals surface area contributed by atoms with Crippen LogP contribution >= 0.6 is 0 Å². The number of rotatable bonds is 6. The van der Waals surface area contributed by atoms with Crippen LogP contribution in [-0.2, 0) is 4.74 Å². The highest BCUT2D eigenvalue weighted by Crippen LogP contribution is 2.13. The molecule has 0 saturated carbocycles. The molecule has 1 heterocycles. The van der Waals surface area contributed by atoms with Gasteiger partial charge in [-0.3, -0.25) is 0 Å². The minimum absolute atomic E-state index is 0.242. The highest BCUT2D eigenvalue weighted by Gasteiger charge is 2.12. The molecule has 0 unspecified atom stereocenters. The summed E-state index contributed by atoms with van der Waals surface area (Å²) < 4.78 is 10.9. The molecule has 104 valence electrons. The zero-order chi connectivity index (χ0) is 13.5. The van der Waals surface area contributed by atoms with E-state index in [1.165, 1.54) is 6.07 Å². The average molecular weight is 265 g/mol. The molecule has 5 heteroatoms. The van der Waals surface area contributed by atoms with Gasteiger partial charge in [0.25, 0.3) is 0 Å². The van der Waals surface area contributed by atoms with Crippen molar-refractivity contribution in [1.29, 1.82) is 0 Å². The Balaban J connectivity index is 1.70. The molecule has 2 rings (SSSR count). The molecule has 1 aromatic rings. The van der Waals surface area contributed by atoms with Crippen molar-refractivity contribution in [3.63, 3.8) is 0 Å². The average Bonchev–Trinajstić information content (AvgIpc) is 2.45. The third-order valence-electron chi connectivity index (χ3n) is 3.05. The number of carboxylic acid groups (broad SMARTS) is 1. The van der Waals surface area contributed by atoms with Crippen molar-refractivity contribution in [2.24, 2.45) is 0 Å². The Kier molecular flexibility index (Phi) is 5.18. The minimum Gasteiger partial charge on any atom is -0.492 e. The minimum atomic E-state index is -0.942. The van der Waals surface area contributed by atoms with Crippen LogP contribution in [0.3, 0.4) is 0 Å². The van der Waals surface area contributed by atoms with Gasteiger partial charge in [-0.05, 0) is 31.0 Å². The van der Waals surface area contributed by atoms with Gasteiger partial charge in [-0.25, -0.2) is 4.79 Å². The summed E-state index contributed by atoms with van der Waals surface area (Å²) in [5, 5.41) is 12.2. The summed E-state index contributed by atoms with van der Waals surface area (Å²) >= 11 is 0. The molecule has 1 aliphatic rings. The van der Waals surface area contributed by atoms with E-state index in [0.717, 1.165) is 32.6 Å². The van der Waals surface area contributed by atoms with Crippen LogP contribution in [0.4, 0.5) is 0 Å². The standard InChI is InChI=1S/C14H19NO4/c16-14(17)11-3-1-5-13(9-11)19-8-6-15-12-4-2-7-18-10-12/h1,3,5,9,12,15H,2,4,6-8,10H2,(H,16,17)/t12-/m0/s1. The van der Waals surface area contributed by atoms with E-state index in [0.29, 0.717) is 18.4 Å². The van der Waals surface area contributed by atoms with E-state index in [9.17, 15) is 4.79 Å². The Hall–Kier alpha value is -1.59. The van der Waals surface area contributed by atoms with Crippen LogP contribution in [0.1, 0.15) is 23.2 Å². The number of hydrogen-bond acceptors (Lipinski definition) is 4. The van der Waals surface area contributed by atoms with Crippen molar-refractivity contribution in [1.82, 2.24) is 5.32 Å². The molecular weight excluding hydrogens is 246 g/mol. The lowest BCUT2D eigenvalue weighted by Gasteiger charge is -2.23. The van der Waals surface area contributed by atoms with Gasteiger partial charge >= 0.3 is 5.97 Å². The van der Waals surface area contributed by atoms with Gasteiger partial charge in [0, 0.05) is 19.2 Å². The zero-order valence-electron chi connectivity index (χ0n) is 10.8. The van der Waals surface area contributed by atoms with Gasteiger partial charge < -0.3 is 19.9 Å². The molecule has 5 nitrogen and oxygen atoms in total. The summed E-state index contributed by atoms with van der Waals surface area (Å²) in [5.41, 5.74) is 0.242. The normalized spacial score (nSPS) is 19.1. The number of nitrogens with one attached hydrogen (secondary N) is 1. The van der Waals surface area contributed by atoms with Crippen LogP contribution in [-0.4, -0.2) is 43.5 Å². The molecule has 0 amide bonds. The summed E-state index contributed by atoms with van der Waals surface area (Å²) in [6, 6.07) is 6.93. The molecule has 0 bridgehead atoms. The van der Waals surface area contributed by atoms with Gasteiger partial charge in [-0.1, -0.05) is 6.07 Å². The third-order valence-corrected chi connectivity index (χ3v) is 3.05. The van der Waals surface area contributed by atoms with Crippen molar-refractivity contribution in [3.8, 4) is 5.75 Å². The first-order chi connectivity index (χ1) is 9.25. The SMILES string of the molecule is O=C(O)c1cccc(OCCN[C@H]2CCCOC2)c1. The molecule has 0 aromatic heterocycles. The van der Waals surface area contributed by atoms with E-state index in [-0.39, 0.29) is 5.56 Å². The first-order valence-electron chi connectivity index (χ1n) is 6.53. The van der Waals surface area contributed by atoms with Gasteiger partial charge in [0.05, 0.1) is 12.2 Å². The number of aromatic carboxylic acids is 1. The van der Waals surface area contributed by atoms with Gasteiger partial charge in [-0.15, -0.1) is 0 Å². The van der Waals surface area contributed by atoms with Crippen molar-refractivity contribution >= 4 is 5.97 Å². The Morgan fingerprint density at radius 3 is 3.16 bits per heavy atom. The highest BCUT2D eigenvalue weighted by molar-refractivity contribution is 5.87. The second-order valence-electron chi connectivity index (χ2n) is 4.55. The Bertz CT molecular complexity index is 416. The zero-order valence-corrected chi connectivity index (χ0v) is 10.8. The molecular formula is C14H19NO4. The maximum Gasteiger partial charge on any atom is 0.335 e. The smallest absolute Gasteiger partial charge is 0.335 e. The van der Waals surface area contributed by atoms with Gasteiger partial charge in [0.15, 0.2) is 0 Å². The fourth-order valence-corrected chi connectivity index (χ4v) is 2.05. The first kappa shape index (κ1) is 13.8. The van der Waals surface area contributed by atoms with Crippen LogP contribution in [0, 0.1) is 0 Å². The molecule has 1 saturated heterocycles. The van der Waals surface area contributed by atoms with Crippen LogP contribution in [0.2, 0.25) is 0 Å². The lowest BCUT2D eigenvalue weighted by atomic mass is 10.1. The molecule has 1 aliphatic heterocycles. The lowest BCUT2D eigenvalue weighted by Crippen LogP contribution is -2.38. The number of carboxylic acids is 1. The fraction of sp³-hybridized carbons (Fsp3) is 0.500. The second-order valence-corrected chi connectivity index (χ2v) is 4.55. The maximum absolute atomic E-state index is 10.8. The highest BCUT2D eigenvalue weighted by atomic mass is 16.5. The Labute approximate surface area is 112 Å². The predicted octanol–water partition coefficient (Wildman–Crippen LogP) is 1.53. The number of carbonyl (C=O) groups is 1. The summed E-state index contributed by atoms with van der Waals surface area (Å²) in [6.45, 7) is 2.86. The second kappa shape index (κ2) is 7.11. The lowest BCUT2D eigenvalue weighted by molar-refractivity contribution is 0.0689. The van der Waals surface area contributed by atoms with Crippen molar-refractivity contribution in [2.75, 3.05) is 26.4 Å². The molecule has 1 atom stereocenters.